The lowest BCUT2D eigenvalue weighted by atomic mass is 9.80. The molecule has 0 bridgehead atoms. The van der Waals surface area contributed by atoms with Gasteiger partial charge in [-0.25, -0.2) is 0 Å². The van der Waals surface area contributed by atoms with E-state index < -0.39 is 0 Å². The lowest BCUT2D eigenvalue weighted by molar-refractivity contribution is -0.0264. The first kappa shape index (κ1) is 16.5. The van der Waals surface area contributed by atoms with Gasteiger partial charge in [-0.15, -0.1) is 5.73 Å². The zero-order chi connectivity index (χ0) is 14.6. The van der Waals surface area contributed by atoms with E-state index in [1.807, 2.05) is 13.1 Å². The molecular formula is C16H29NO2. The van der Waals surface area contributed by atoms with Crippen molar-refractivity contribution < 1.29 is 9.47 Å². The average molecular weight is 267 g/mol. The van der Waals surface area contributed by atoms with Crippen LogP contribution in [0, 0.1) is 11.8 Å². The van der Waals surface area contributed by atoms with Gasteiger partial charge in [0.25, 0.3) is 0 Å². The zero-order valence-electron chi connectivity index (χ0n) is 13.2. The number of ether oxygens (including phenoxy) is 2. The highest BCUT2D eigenvalue weighted by Crippen LogP contribution is 2.39. The molecule has 0 amide bonds. The smallest absolute Gasteiger partial charge is 0.108 e. The summed E-state index contributed by atoms with van der Waals surface area (Å²) >= 11 is 0. The standard InChI is InChI=1S/C16H29NO2/c1-8-9-16(17-6)14(12(4)5)19-13(10-11(2)3)15(16)18-7/h9,11-15,17H,1,10H2,2-7H3/t13-,14+,15-,16+/m1/s1. The highest BCUT2D eigenvalue weighted by molar-refractivity contribution is 5.20. The van der Waals surface area contributed by atoms with Gasteiger partial charge in [-0.05, 0) is 31.4 Å². The Morgan fingerprint density at radius 3 is 2.42 bits per heavy atom. The van der Waals surface area contributed by atoms with Crippen LogP contribution in [0.2, 0.25) is 0 Å². The van der Waals surface area contributed by atoms with Crippen LogP contribution in [0.4, 0.5) is 0 Å². The quantitative estimate of drug-likeness (QED) is 0.751. The summed E-state index contributed by atoms with van der Waals surface area (Å²) in [4.78, 5) is 0. The summed E-state index contributed by atoms with van der Waals surface area (Å²) in [6, 6.07) is 0. The van der Waals surface area contributed by atoms with Crippen LogP contribution >= 0.6 is 0 Å². The summed E-state index contributed by atoms with van der Waals surface area (Å²) in [5, 5.41) is 3.41. The largest absolute Gasteiger partial charge is 0.376 e. The SMILES string of the molecule is C=C=C[C@@]1(NC)[C@H](OC)[C@@H](CC(C)C)O[C@H]1C(C)C. The van der Waals surface area contributed by atoms with E-state index in [9.17, 15) is 0 Å². The fourth-order valence-electron chi connectivity index (χ4n) is 3.23. The summed E-state index contributed by atoms with van der Waals surface area (Å²) in [5.41, 5.74) is 2.58. The highest BCUT2D eigenvalue weighted by Gasteiger charge is 2.55. The molecule has 1 rings (SSSR count). The third kappa shape index (κ3) is 3.11. The molecule has 1 saturated heterocycles. The lowest BCUT2D eigenvalue weighted by Gasteiger charge is -2.36. The molecule has 1 heterocycles. The van der Waals surface area contributed by atoms with E-state index in [0.29, 0.717) is 11.8 Å². The minimum Gasteiger partial charge on any atom is -0.376 e. The van der Waals surface area contributed by atoms with Crippen LogP contribution in [0.1, 0.15) is 34.1 Å². The molecule has 110 valence electrons. The molecule has 0 aliphatic carbocycles. The molecular weight excluding hydrogens is 238 g/mol. The number of likely N-dealkylation sites (N-methyl/N-ethyl adjacent to an activating group) is 1. The second kappa shape index (κ2) is 6.71. The predicted molar refractivity (Wildman–Crippen MR) is 79.3 cm³/mol. The molecule has 0 radical (unpaired) electrons. The third-order valence-electron chi connectivity index (χ3n) is 3.94. The van der Waals surface area contributed by atoms with Gasteiger partial charge in [0.1, 0.15) is 6.10 Å². The van der Waals surface area contributed by atoms with Crippen molar-refractivity contribution in [3.05, 3.63) is 18.4 Å². The Morgan fingerprint density at radius 1 is 1.42 bits per heavy atom. The van der Waals surface area contributed by atoms with Crippen LogP contribution in [0.25, 0.3) is 0 Å². The Balaban J connectivity index is 3.16. The van der Waals surface area contributed by atoms with E-state index in [1.54, 1.807) is 7.11 Å². The molecule has 1 aliphatic heterocycles. The van der Waals surface area contributed by atoms with Crippen LogP contribution < -0.4 is 5.32 Å². The molecule has 3 nitrogen and oxygen atoms in total. The summed E-state index contributed by atoms with van der Waals surface area (Å²) in [6.07, 6.45) is 3.14. The second-order valence-corrected chi connectivity index (χ2v) is 6.16. The maximum Gasteiger partial charge on any atom is 0.108 e. The molecule has 0 aromatic heterocycles. The van der Waals surface area contributed by atoms with Gasteiger partial charge in [0.2, 0.25) is 0 Å². The Bertz CT molecular complexity index is 334. The molecule has 0 saturated carbocycles. The van der Waals surface area contributed by atoms with Crippen molar-refractivity contribution >= 4 is 0 Å². The van der Waals surface area contributed by atoms with Gasteiger partial charge in [0, 0.05) is 7.11 Å². The number of hydrogen-bond acceptors (Lipinski definition) is 3. The Morgan fingerprint density at radius 2 is 2.05 bits per heavy atom. The maximum atomic E-state index is 6.31. The Kier molecular flexibility index (Phi) is 5.82. The molecule has 0 unspecified atom stereocenters. The van der Waals surface area contributed by atoms with Crippen LogP contribution in [0.3, 0.4) is 0 Å². The normalized spacial score (nSPS) is 34.8. The summed E-state index contributed by atoms with van der Waals surface area (Å²) in [5.74, 6) is 0.975. The minimum absolute atomic E-state index is 0.0125. The molecule has 1 N–H and O–H groups in total. The van der Waals surface area contributed by atoms with Gasteiger partial charge < -0.3 is 14.8 Å². The highest BCUT2D eigenvalue weighted by atomic mass is 16.6. The third-order valence-corrected chi connectivity index (χ3v) is 3.94. The molecule has 0 spiro atoms. The number of nitrogens with one attached hydrogen (secondary N) is 1. The van der Waals surface area contributed by atoms with Crippen molar-refractivity contribution in [1.29, 1.82) is 0 Å². The van der Waals surface area contributed by atoms with Gasteiger partial charge in [-0.3, -0.25) is 0 Å². The van der Waals surface area contributed by atoms with Crippen LogP contribution in [-0.2, 0) is 9.47 Å². The molecule has 1 aliphatic rings. The fraction of sp³-hybridized carbons (Fsp3) is 0.812. The Hall–Kier alpha value is -0.600. The summed E-state index contributed by atoms with van der Waals surface area (Å²) in [6.45, 7) is 12.5. The van der Waals surface area contributed by atoms with Crippen molar-refractivity contribution in [2.24, 2.45) is 11.8 Å². The maximum absolute atomic E-state index is 6.31. The van der Waals surface area contributed by atoms with Gasteiger partial charge in [0.15, 0.2) is 0 Å². The van der Waals surface area contributed by atoms with Crippen molar-refractivity contribution in [3.8, 4) is 0 Å². The molecule has 4 atom stereocenters. The number of rotatable bonds is 6. The van der Waals surface area contributed by atoms with Gasteiger partial charge in [0.05, 0.1) is 17.7 Å². The summed E-state index contributed by atoms with van der Waals surface area (Å²) in [7, 11) is 3.71. The van der Waals surface area contributed by atoms with Crippen LogP contribution in [0.5, 0.6) is 0 Å². The first-order valence-electron chi connectivity index (χ1n) is 7.17. The van der Waals surface area contributed by atoms with E-state index in [1.165, 1.54) is 0 Å². The monoisotopic (exact) mass is 267 g/mol. The molecule has 3 heteroatoms. The number of hydrogen-bond donors (Lipinski definition) is 1. The molecule has 0 aromatic rings. The van der Waals surface area contributed by atoms with Crippen molar-refractivity contribution in [1.82, 2.24) is 5.32 Å². The van der Waals surface area contributed by atoms with Gasteiger partial charge in [-0.1, -0.05) is 34.3 Å². The Labute approximate surface area is 118 Å². The van der Waals surface area contributed by atoms with Gasteiger partial charge >= 0.3 is 0 Å². The van der Waals surface area contributed by atoms with E-state index >= 15 is 0 Å². The fourth-order valence-corrected chi connectivity index (χ4v) is 3.23. The predicted octanol–water partition coefficient (Wildman–Crippen LogP) is 2.77. The first-order valence-corrected chi connectivity index (χ1v) is 7.17. The van der Waals surface area contributed by atoms with E-state index in [0.717, 1.165) is 6.42 Å². The van der Waals surface area contributed by atoms with Crippen molar-refractivity contribution in [2.75, 3.05) is 14.2 Å². The van der Waals surface area contributed by atoms with E-state index in [2.05, 4.69) is 45.3 Å². The summed E-state index contributed by atoms with van der Waals surface area (Å²) < 4.78 is 12.1. The second-order valence-electron chi connectivity index (χ2n) is 6.16. The van der Waals surface area contributed by atoms with Crippen molar-refractivity contribution in [2.45, 2.75) is 58.0 Å². The first-order chi connectivity index (χ1) is 8.92. The van der Waals surface area contributed by atoms with E-state index in [4.69, 9.17) is 9.47 Å². The lowest BCUT2D eigenvalue weighted by Crippen LogP contribution is -2.58. The molecule has 0 aromatic carbocycles. The zero-order valence-corrected chi connectivity index (χ0v) is 13.2. The molecule has 1 fully saturated rings. The van der Waals surface area contributed by atoms with E-state index in [-0.39, 0.29) is 23.9 Å². The van der Waals surface area contributed by atoms with Gasteiger partial charge in [-0.2, -0.15) is 0 Å². The van der Waals surface area contributed by atoms with Crippen molar-refractivity contribution in [3.63, 3.8) is 0 Å². The molecule has 19 heavy (non-hydrogen) atoms. The minimum atomic E-state index is -0.343. The average Bonchev–Trinajstić information content (AvgIpc) is 2.63. The number of methoxy groups -OCH3 is 1. The topological polar surface area (TPSA) is 30.5 Å². The van der Waals surface area contributed by atoms with Crippen LogP contribution in [-0.4, -0.2) is 38.0 Å². The van der Waals surface area contributed by atoms with Crippen LogP contribution in [0.15, 0.2) is 18.4 Å².